The zero-order valence-electron chi connectivity index (χ0n) is 8.99. The molecule has 0 saturated carbocycles. The lowest BCUT2D eigenvalue weighted by atomic mass is 9.99. The van der Waals surface area contributed by atoms with Crippen molar-refractivity contribution in [1.29, 1.82) is 0 Å². The molecule has 12 heavy (non-hydrogen) atoms. The van der Waals surface area contributed by atoms with Crippen molar-refractivity contribution in [1.82, 2.24) is 0 Å². The minimum absolute atomic E-state index is 1.07. The van der Waals surface area contributed by atoms with E-state index >= 15 is 0 Å². The molecule has 0 unspecified atom stereocenters. The topological polar surface area (TPSA) is 0 Å². The van der Waals surface area contributed by atoms with Gasteiger partial charge in [0, 0.05) is 0 Å². The van der Waals surface area contributed by atoms with Gasteiger partial charge in [-0.05, 0) is 45.3 Å². The standard InChI is InChI=1S/C12H20/c1-7-12(10(4)5)11(6)8-9(2)3/h8H,4,7H2,1-3,5-6H3. The van der Waals surface area contributed by atoms with E-state index < -0.39 is 0 Å². The van der Waals surface area contributed by atoms with E-state index in [1.165, 1.54) is 22.3 Å². The Balaban J connectivity index is 4.85. The van der Waals surface area contributed by atoms with Crippen LogP contribution in [0.2, 0.25) is 0 Å². The summed E-state index contributed by atoms with van der Waals surface area (Å²) in [5.41, 5.74) is 5.27. The Morgan fingerprint density at radius 3 is 1.92 bits per heavy atom. The monoisotopic (exact) mass is 164 g/mol. The summed E-state index contributed by atoms with van der Waals surface area (Å²) in [5, 5.41) is 0. The van der Waals surface area contributed by atoms with Crippen molar-refractivity contribution in [2.45, 2.75) is 41.0 Å². The van der Waals surface area contributed by atoms with E-state index in [2.05, 4.69) is 47.3 Å². The third-order valence-electron chi connectivity index (χ3n) is 1.85. The Morgan fingerprint density at radius 2 is 1.67 bits per heavy atom. The van der Waals surface area contributed by atoms with Crippen LogP contribution in [-0.4, -0.2) is 0 Å². The van der Waals surface area contributed by atoms with Crippen LogP contribution < -0.4 is 0 Å². The molecule has 0 aromatic rings. The van der Waals surface area contributed by atoms with Gasteiger partial charge in [0.1, 0.15) is 0 Å². The van der Waals surface area contributed by atoms with Crippen molar-refractivity contribution in [3.8, 4) is 0 Å². The summed E-state index contributed by atoms with van der Waals surface area (Å²) in [4.78, 5) is 0. The Bertz CT molecular complexity index is 222. The molecular weight excluding hydrogens is 144 g/mol. The maximum Gasteiger partial charge on any atom is -0.0302 e. The summed E-state index contributed by atoms with van der Waals surface area (Å²) in [7, 11) is 0. The summed E-state index contributed by atoms with van der Waals surface area (Å²) < 4.78 is 0. The van der Waals surface area contributed by atoms with Crippen molar-refractivity contribution in [3.63, 3.8) is 0 Å². The van der Waals surface area contributed by atoms with Crippen molar-refractivity contribution in [3.05, 3.63) is 34.9 Å². The first kappa shape index (κ1) is 11.2. The van der Waals surface area contributed by atoms with Gasteiger partial charge in [-0.15, -0.1) is 0 Å². The van der Waals surface area contributed by atoms with Gasteiger partial charge < -0.3 is 0 Å². The average Bonchev–Trinajstić information content (AvgIpc) is 1.85. The molecule has 0 spiro atoms. The molecule has 0 heteroatoms. The second kappa shape index (κ2) is 4.97. The van der Waals surface area contributed by atoms with Crippen LogP contribution in [0.4, 0.5) is 0 Å². The molecule has 0 aliphatic rings. The average molecular weight is 164 g/mol. The van der Waals surface area contributed by atoms with Gasteiger partial charge in [-0.3, -0.25) is 0 Å². The Kier molecular flexibility index (Phi) is 4.65. The van der Waals surface area contributed by atoms with Crippen LogP contribution in [-0.2, 0) is 0 Å². The van der Waals surface area contributed by atoms with Gasteiger partial charge in [0.2, 0.25) is 0 Å². The van der Waals surface area contributed by atoms with Crippen molar-refractivity contribution < 1.29 is 0 Å². The lowest BCUT2D eigenvalue weighted by Gasteiger charge is -2.06. The highest BCUT2D eigenvalue weighted by Gasteiger charge is 1.98. The van der Waals surface area contributed by atoms with Crippen LogP contribution in [0.25, 0.3) is 0 Å². The fraction of sp³-hybridized carbons (Fsp3) is 0.500. The van der Waals surface area contributed by atoms with E-state index in [4.69, 9.17) is 0 Å². The first-order valence-electron chi connectivity index (χ1n) is 4.49. The van der Waals surface area contributed by atoms with Gasteiger partial charge in [0.15, 0.2) is 0 Å². The predicted molar refractivity (Wildman–Crippen MR) is 57.2 cm³/mol. The second-order valence-electron chi connectivity index (χ2n) is 3.52. The van der Waals surface area contributed by atoms with E-state index in [1.807, 2.05) is 0 Å². The van der Waals surface area contributed by atoms with Crippen LogP contribution in [0.5, 0.6) is 0 Å². The minimum atomic E-state index is 1.07. The minimum Gasteiger partial charge on any atom is -0.0958 e. The Morgan fingerprint density at radius 1 is 1.17 bits per heavy atom. The lowest BCUT2D eigenvalue weighted by molar-refractivity contribution is 1.08. The summed E-state index contributed by atoms with van der Waals surface area (Å²) in [6, 6.07) is 0. The van der Waals surface area contributed by atoms with E-state index in [9.17, 15) is 0 Å². The largest absolute Gasteiger partial charge is 0.0958 e. The van der Waals surface area contributed by atoms with E-state index in [1.54, 1.807) is 0 Å². The number of rotatable bonds is 3. The first-order chi connectivity index (χ1) is 5.49. The van der Waals surface area contributed by atoms with Crippen molar-refractivity contribution >= 4 is 0 Å². The van der Waals surface area contributed by atoms with Gasteiger partial charge in [0.05, 0.1) is 0 Å². The molecule has 0 amide bonds. The highest BCUT2D eigenvalue weighted by Crippen LogP contribution is 2.18. The normalized spacial score (nSPS) is 12.1. The molecule has 0 bridgehead atoms. The molecule has 0 radical (unpaired) electrons. The first-order valence-corrected chi connectivity index (χ1v) is 4.49. The van der Waals surface area contributed by atoms with Gasteiger partial charge in [-0.1, -0.05) is 30.7 Å². The smallest absolute Gasteiger partial charge is 0.0302 e. The zero-order valence-corrected chi connectivity index (χ0v) is 8.99. The molecule has 0 nitrogen and oxygen atoms in total. The highest BCUT2D eigenvalue weighted by molar-refractivity contribution is 5.37. The molecule has 0 fully saturated rings. The van der Waals surface area contributed by atoms with Crippen molar-refractivity contribution in [2.75, 3.05) is 0 Å². The zero-order chi connectivity index (χ0) is 9.72. The summed E-state index contributed by atoms with van der Waals surface area (Å²) >= 11 is 0. The van der Waals surface area contributed by atoms with Crippen LogP contribution in [0.15, 0.2) is 34.9 Å². The predicted octanol–water partition coefficient (Wildman–Crippen LogP) is 4.26. The molecule has 0 aliphatic carbocycles. The quantitative estimate of drug-likeness (QED) is 0.547. The van der Waals surface area contributed by atoms with Crippen LogP contribution in [0.3, 0.4) is 0 Å². The van der Waals surface area contributed by atoms with Crippen LogP contribution >= 0.6 is 0 Å². The van der Waals surface area contributed by atoms with Crippen molar-refractivity contribution in [2.24, 2.45) is 0 Å². The van der Waals surface area contributed by atoms with E-state index in [-0.39, 0.29) is 0 Å². The number of hydrogen-bond acceptors (Lipinski definition) is 0. The lowest BCUT2D eigenvalue weighted by Crippen LogP contribution is -1.86. The summed E-state index contributed by atoms with van der Waals surface area (Å²) in [6.07, 6.45) is 3.29. The Labute approximate surface area is 76.7 Å². The molecular formula is C12H20. The molecule has 0 aliphatic heterocycles. The maximum absolute atomic E-state index is 3.97. The summed E-state index contributed by atoms with van der Waals surface area (Å²) in [6.45, 7) is 14.6. The molecule has 0 N–H and O–H groups in total. The van der Waals surface area contributed by atoms with Gasteiger partial charge in [0.25, 0.3) is 0 Å². The highest BCUT2D eigenvalue weighted by atomic mass is 14.0. The molecule has 0 saturated heterocycles. The second-order valence-corrected chi connectivity index (χ2v) is 3.52. The van der Waals surface area contributed by atoms with E-state index in [0.29, 0.717) is 0 Å². The summed E-state index contributed by atoms with van der Waals surface area (Å²) in [5.74, 6) is 0. The SMILES string of the molecule is C=C(C)C(CC)=C(C)C=C(C)C. The molecule has 0 heterocycles. The fourth-order valence-electron chi connectivity index (χ4n) is 1.44. The molecule has 0 aromatic carbocycles. The van der Waals surface area contributed by atoms with Crippen LogP contribution in [0, 0.1) is 0 Å². The fourth-order valence-corrected chi connectivity index (χ4v) is 1.44. The van der Waals surface area contributed by atoms with Gasteiger partial charge in [-0.2, -0.15) is 0 Å². The third-order valence-corrected chi connectivity index (χ3v) is 1.85. The van der Waals surface area contributed by atoms with E-state index in [0.717, 1.165) is 6.42 Å². The number of hydrogen-bond donors (Lipinski definition) is 0. The maximum atomic E-state index is 3.97. The Hall–Kier alpha value is -0.780. The van der Waals surface area contributed by atoms with Crippen LogP contribution in [0.1, 0.15) is 41.0 Å². The molecule has 0 atom stereocenters. The molecule has 0 rings (SSSR count). The molecule has 0 aromatic heterocycles. The number of allylic oxidation sites excluding steroid dienone is 5. The third kappa shape index (κ3) is 3.56. The molecule has 68 valence electrons. The van der Waals surface area contributed by atoms with Gasteiger partial charge >= 0.3 is 0 Å². The van der Waals surface area contributed by atoms with Gasteiger partial charge in [-0.25, -0.2) is 0 Å².